The molecule has 1 heterocycles. The minimum absolute atomic E-state index is 0.0985. The Hall–Kier alpha value is -3.11. The first-order valence-corrected chi connectivity index (χ1v) is 11.7. The van der Waals surface area contributed by atoms with Gasteiger partial charge in [0.1, 0.15) is 22.5 Å². The molecule has 0 spiro atoms. The van der Waals surface area contributed by atoms with E-state index >= 15 is 0 Å². The largest absolute Gasteiger partial charge is 0.495 e. The van der Waals surface area contributed by atoms with Crippen molar-refractivity contribution in [3.05, 3.63) is 69.7 Å². The molecule has 2 N–H and O–H groups in total. The number of benzene rings is 3. The Morgan fingerprint density at radius 3 is 2.40 bits per heavy atom. The topological polar surface area (TPSA) is 90.3 Å². The van der Waals surface area contributed by atoms with E-state index in [1.54, 1.807) is 62.6 Å². The third-order valence-electron chi connectivity index (χ3n) is 4.81. The Morgan fingerprint density at radius 2 is 1.69 bits per heavy atom. The molecule has 4 rings (SSSR count). The van der Waals surface area contributed by atoms with Gasteiger partial charge in [0.05, 0.1) is 22.8 Å². The Morgan fingerprint density at radius 1 is 0.971 bits per heavy atom. The summed E-state index contributed by atoms with van der Waals surface area (Å²) in [5.41, 5.74) is 2.58. The van der Waals surface area contributed by atoms with Crippen LogP contribution in [0.1, 0.15) is 6.92 Å². The molecule has 3 aromatic carbocycles. The highest BCUT2D eigenvalue weighted by Crippen LogP contribution is 2.29. The first kappa shape index (κ1) is 25.0. The van der Waals surface area contributed by atoms with Gasteiger partial charge in [-0.05, 0) is 73.7 Å². The third kappa shape index (κ3) is 5.94. The van der Waals surface area contributed by atoms with Crippen molar-refractivity contribution in [2.75, 3.05) is 12.4 Å². The quantitative estimate of drug-likeness (QED) is 0.299. The van der Waals surface area contributed by atoms with Gasteiger partial charge in [-0.25, -0.2) is 0 Å². The first-order valence-electron chi connectivity index (χ1n) is 10.2. The van der Waals surface area contributed by atoms with E-state index < -0.39 is 12.0 Å². The van der Waals surface area contributed by atoms with Crippen molar-refractivity contribution < 1.29 is 14.3 Å². The monoisotopic (exact) mass is 549 g/mol. The molecule has 0 saturated carbocycles. The number of nitrogens with one attached hydrogen (secondary N) is 2. The second-order valence-corrected chi connectivity index (χ2v) is 8.95. The predicted octanol–water partition coefficient (Wildman–Crippen LogP) is 5.67. The highest BCUT2D eigenvalue weighted by molar-refractivity contribution is 7.80. The standard InChI is InChI=1S/C23H18Cl3N5O3S/c1-12(34-21-7-3-13(24)9-16(21)25)22(32)28-23(35)27-14-4-6-18-19(10-14)30-31(29-18)15-5-8-20(33-2)17(26)11-15/h3-12H,1-2H3,(H2,27,28,32,35). The summed E-state index contributed by atoms with van der Waals surface area (Å²) in [5.74, 6) is 0.450. The van der Waals surface area contributed by atoms with Gasteiger partial charge >= 0.3 is 0 Å². The summed E-state index contributed by atoms with van der Waals surface area (Å²) in [5, 5.41) is 15.8. The number of rotatable bonds is 6. The fourth-order valence-electron chi connectivity index (χ4n) is 3.08. The van der Waals surface area contributed by atoms with Gasteiger partial charge in [0.15, 0.2) is 11.2 Å². The zero-order valence-electron chi connectivity index (χ0n) is 18.4. The lowest BCUT2D eigenvalue weighted by atomic mass is 10.3. The number of nitrogens with zero attached hydrogens (tertiary/aromatic N) is 3. The van der Waals surface area contributed by atoms with Gasteiger partial charge in [-0.1, -0.05) is 34.8 Å². The van der Waals surface area contributed by atoms with Crippen molar-refractivity contribution in [3.63, 3.8) is 0 Å². The average Bonchev–Trinajstić information content (AvgIpc) is 3.24. The van der Waals surface area contributed by atoms with E-state index in [1.165, 1.54) is 10.9 Å². The lowest BCUT2D eigenvalue weighted by Crippen LogP contribution is -2.42. The van der Waals surface area contributed by atoms with Gasteiger partial charge in [0, 0.05) is 10.7 Å². The lowest BCUT2D eigenvalue weighted by Gasteiger charge is -2.16. The van der Waals surface area contributed by atoms with Crippen LogP contribution in [-0.2, 0) is 4.79 Å². The maximum atomic E-state index is 12.5. The molecule has 1 atom stereocenters. The van der Waals surface area contributed by atoms with E-state index in [0.717, 1.165) is 0 Å². The van der Waals surface area contributed by atoms with E-state index in [4.69, 9.17) is 56.5 Å². The molecule has 8 nitrogen and oxygen atoms in total. The smallest absolute Gasteiger partial charge is 0.266 e. The highest BCUT2D eigenvalue weighted by atomic mass is 35.5. The maximum Gasteiger partial charge on any atom is 0.266 e. The van der Waals surface area contributed by atoms with E-state index in [2.05, 4.69) is 20.8 Å². The van der Waals surface area contributed by atoms with Crippen molar-refractivity contribution in [1.29, 1.82) is 0 Å². The zero-order chi connectivity index (χ0) is 25.1. The molecule has 0 aliphatic carbocycles. The van der Waals surface area contributed by atoms with Crippen LogP contribution in [0.4, 0.5) is 5.69 Å². The Balaban J connectivity index is 1.41. The van der Waals surface area contributed by atoms with Crippen LogP contribution in [0, 0.1) is 0 Å². The third-order valence-corrected chi connectivity index (χ3v) is 5.84. The number of fused-ring (bicyclic) bond motifs is 1. The highest BCUT2D eigenvalue weighted by Gasteiger charge is 2.18. The summed E-state index contributed by atoms with van der Waals surface area (Å²) in [6.07, 6.45) is -0.855. The van der Waals surface area contributed by atoms with Crippen molar-refractivity contribution in [3.8, 4) is 17.2 Å². The van der Waals surface area contributed by atoms with Crippen LogP contribution in [0.5, 0.6) is 11.5 Å². The number of methoxy groups -OCH3 is 1. The van der Waals surface area contributed by atoms with Crippen LogP contribution in [-0.4, -0.2) is 39.2 Å². The number of aromatic nitrogens is 3. The van der Waals surface area contributed by atoms with Gasteiger partial charge in [-0.2, -0.15) is 4.80 Å². The molecule has 12 heteroatoms. The number of carbonyl (C=O) groups is 1. The molecule has 1 unspecified atom stereocenters. The number of ether oxygens (including phenoxy) is 2. The Bertz CT molecular complexity index is 1430. The van der Waals surface area contributed by atoms with Crippen molar-refractivity contribution in [1.82, 2.24) is 20.3 Å². The van der Waals surface area contributed by atoms with E-state index in [1.807, 2.05) is 0 Å². The van der Waals surface area contributed by atoms with Crippen LogP contribution in [0.15, 0.2) is 54.6 Å². The summed E-state index contributed by atoms with van der Waals surface area (Å²) >= 11 is 23.5. The SMILES string of the molecule is COc1ccc(-n2nc3ccc(NC(=S)NC(=O)C(C)Oc4ccc(Cl)cc4Cl)cc3n2)cc1Cl. The second-order valence-electron chi connectivity index (χ2n) is 7.29. The van der Waals surface area contributed by atoms with Gasteiger partial charge in [0.2, 0.25) is 0 Å². The first-order chi connectivity index (χ1) is 16.7. The molecule has 0 aliphatic rings. The van der Waals surface area contributed by atoms with E-state index in [9.17, 15) is 4.79 Å². The molecule has 0 saturated heterocycles. The van der Waals surface area contributed by atoms with Crippen molar-refractivity contribution in [2.45, 2.75) is 13.0 Å². The minimum Gasteiger partial charge on any atom is -0.495 e. The molecular weight excluding hydrogens is 533 g/mol. The summed E-state index contributed by atoms with van der Waals surface area (Å²) in [6, 6.07) is 15.3. The zero-order valence-corrected chi connectivity index (χ0v) is 21.5. The van der Waals surface area contributed by atoms with Gasteiger partial charge < -0.3 is 14.8 Å². The maximum absolute atomic E-state index is 12.5. The normalized spacial score (nSPS) is 11.7. The van der Waals surface area contributed by atoms with Crippen LogP contribution in [0.3, 0.4) is 0 Å². The molecular formula is C23H18Cl3N5O3S. The fraction of sp³-hybridized carbons (Fsp3) is 0.130. The van der Waals surface area contributed by atoms with Crippen molar-refractivity contribution in [2.24, 2.45) is 0 Å². The number of thiocarbonyl (C=S) groups is 1. The summed E-state index contributed by atoms with van der Waals surface area (Å²) < 4.78 is 10.8. The van der Waals surface area contributed by atoms with Crippen LogP contribution < -0.4 is 20.1 Å². The number of halogens is 3. The van der Waals surface area contributed by atoms with Gasteiger partial charge in [0.25, 0.3) is 5.91 Å². The van der Waals surface area contributed by atoms with E-state index in [0.29, 0.717) is 49.0 Å². The molecule has 4 aromatic rings. The van der Waals surface area contributed by atoms with E-state index in [-0.39, 0.29) is 5.11 Å². The van der Waals surface area contributed by atoms with Crippen molar-refractivity contribution >= 4 is 74.8 Å². The van der Waals surface area contributed by atoms with Gasteiger partial charge in [-0.15, -0.1) is 10.2 Å². The second kappa shape index (κ2) is 10.7. The Labute approximate surface area is 221 Å². The molecule has 1 amide bonds. The molecule has 0 fully saturated rings. The molecule has 0 radical (unpaired) electrons. The number of carbonyl (C=O) groups excluding carboxylic acids is 1. The predicted molar refractivity (Wildman–Crippen MR) is 141 cm³/mol. The summed E-state index contributed by atoms with van der Waals surface area (Å²) in [7, 11) is 1.55. The fourth-order valence-corrected chi connectivity index (χ4v) is 4.00. The van der Waals surface area contributed by atoms with Gasteiger partial charge in [-0.3, -0.25) is 10.1 Å². The average molecular weight is 551 g/mol. The number of anilines is 1. The molecule has 0 bridgehead atoms. The van der Waals surface area contributed by atoms with Crippen LogP contribution in [0.2, 0.25) is 15.1 Å². The molecule has 0 aliphatic heterocycles. The summed E-state index contributed by atoms with van der Waals surface area (Å²) in [4.78, 5) is 14.0. The molecule has 180 valence electrons. The minimum atomic E-state index is -0.855. The van der Waals surface area contributed by atoms with Crippen LogP contribution in [0.25, 0.3) is 16.7 Å². The summed E-state index contributed by atoms with van der Waals surface area (Å²) in [6.45, 7) is 1.58. The van der Waals surface area contributed by atoms with Crippen LogP contribution >= 0.6 is 47.0 Å². The number of hydrogen-bond donors (Lipinski definition) is 2. The lowest BCUT2D eigenvalue weighted by molar-refractivity contribution is -0.125. The molecule has 1 aromatic heterocycles. The number of amides is 1. The number of hydrogen-bond acceptors (Lipinski definition) is 6. The molecule has 35 heavy (non-hydrogen) atoms. The Kier molecular flexibility index (Phi) is 7.61.